The molecule has 0 aliphatic carbocycles. The highest BCUT2D eigenvalue weighted by Gasteiger charge is 2.30. The topological polar surface area (TPSA) is 3.24 Å². The molecule has 0 amide bonds. The van der Waals surface area contributed by atoms with Crippen molar-refractivity contribution >= 4 is 0 Å². The predicted molar refractivity (Wildman–Crippen MR) is 56.2 cm³/mol. The summed E-state index contributed by atoms with van der Waals surface area (Å²) in [4.78, 5) is 2.49. The summed E-state index contributed by atoms with van der Waals surface area (Å²) in [7, 11) is 0. The first-order valence-corrected chi connectivity index (χ1v) is 4.76. The standard InChI is InChI=1S/C11H24N/c1-8-9-12(10(2,3)4)11(5,6)7/h1,8-9H2,2-7H3. The first kappa shape index (κ1) is 12.0. The summed E-state index contributed by atoms with van der Waals surface area (Å²) in [5.41, 5.74) is 0.492. The van der Waals surface area contributed by atoms with Gasteiger partial charge in [0.1, 0.15) is 0 Å². The van der Waals surface area contributed by atoms with E-state index in [0.29, 0.717) is 0 Å². The van der Waals surface area contributed by atoms with E-state index in [9.17, 15) is 0 Å². The molecule has 0 unspecified atom stereocenters. The van der Waals surface area contributed by atoms with Crippen molar-refractivity contribution in [2.45, 2.75) is 59.0 Å². The molecule has 1 nitrogen and oxygen atoms in total. The first-order chi connectivity index (χ1) is 5.19. The average molecular weight is 170 g/mol. The maximum atomic E-state index is 3.91. The summed E-state index contributed by atoms with van der Waals surface area (Å²) in [6, 6.07) is 0. The summed E-state index contributed by atoms with van der Waals surface area (Å²) in [6.07, 6.45) is 0.981. The van der Waals surface area contributed by atoms with Crippen LogP contribution in [-0.2, 0) is 0 Å². The zero-order valence-corrected chi connectivity index (χ0v) is 9.57. The van der Waals surface area contributed by atoms with E-state index in [-0.39, 0.29) is 11.1 Å². The molecular formula is C11H24N. The minimum Gasteiger partial charge on any atom is -0.294 e. The lowest BCUT2D eigenvalue weighted by atomic mass is 9.96. The van der Waals surface area contributed by atoms with E-state index in [4.69, 9.17) is 0 Å². The van der Waals surface area contributed by atoms with Crippen LogP contribution in [0.2, 0.25) is 0 Å². The third kappa shape index (κ3) is 3.57. The molecule has 0 aliphatic rings. The first-order valence-electron chi connectivity index (χ1n) is 4.76. The highest BCUT2D eigenvalue weighted by atomic mass is 15.2. The Labute approximate surface area is 78.1 Å². The van der Waals surface area contributed by atoms with E-state index in [1.807, 2.05) is 0 Å². The average Bonchev–Trinajstić information content (AvgIpc) is 1.77. The number of nitrogens with zero attached hydrogens (tertiary/aromatic N) is 1. The van der Waals surface area contributed by atoms with E-state index in [1.54, 1.807) is 0 Å². The minimum atomic E-state index is 0.246. The maximum absolute atomic E-state index is 3.91. The fourth-order valence-corrected chi connectivity index (χ4v) is 1.84. The second kappa shape index (κ2) is 3.78. The van der Waals surface area contributed by atoms with Gasteiger partial charge in [-0.2, -0.15) is 0 Å². The molecule has 0 saturated heterocycles. The van der Waals surface area contributed by atoms with Gasteiger partial charge in [0, 0.05) is 11.1 Å². The molecule has 0 spiro atoms. The summed E-state index contributed by atoms with van der Waals surface area (Å²) >= 11 is 0. The number of hydrogen-bond donors (Lipinski definition) is 0. The summed E-state index contributed by atoms with van der Waals surface area (Å²) in [5, 5.41) is 0. The van der Waals surface area contributed by atoms with Gasteiger partial charge in [-0.05, 0) is 54.5 Å². The Morgan fingerprint density at radius 1 is 0.917 bits per heavy atom. The zero-order chi connectivity index (χ0) is 9.99. The lowest BCUT2D eigenvalue weighted by Crippen LogP contribution is -2.52. The Balaban J connectivity index is 4.45. The molecular weight excluding hydrogens is 146 g/mol. The lowest BCUT2D eigenvalue weighted by molar-refractivity contribution is 0.0403. The smallest absolute Gasteiger partial charge is 0.0130 e. The van der Waals surface area contributed by atoms with Gasteiger partial charge >= 0.3 is 0 Å². The molecule has 0 heterocycles. The van der Waals surface area contributed by atoms with Crippen LogP contribution in [0.3, 0.4) is 0 Å². The quantitative estimate of drug-likeness (QED) is 0.615. The van der Waals surface area contributed by atoms with Crippen LogP contribution in [0, 0.1) is 6.92 Å². The molecule has 1 radical (unpaired) electrons. The van der Waals surface area contributed by atoms with Crippen molar-refractivity contribution < 1.29 is 0 Å². The number of rotatable bonds is 2. The molecule has 0 N–H and O–H groups in total. The van der Waals surface area contributed by atoms with E-state index < -0.39 is 0 Å². The Bertz CT molecular complexity index is 111. The molecule has 0 fully saturated rings. The SMILES string of the molecule is [CH2]CCN(C(C)(C)C)C(C)(C)C. The van der Waals surface area contributed by atoms with Crippen molar-refractivity contribution in [2.75, 3.05) is 6.54 Å². The lowest BCUT2D eigenvalue weighted by Gasteiger charge is -2.45. The summed E-state index contributed by atoms with van der Waals surface area (Å²) in [5.74, 6) is 0. The largest absolute Gasteiger partial charge is 0.294 e. The monoisotopic (exact) mass is 170 g/mol. The van der Waals surface area contributed by atoms with Crippen LogP contribution in [0.1, 0.15) is 48.0 Å². The van der Waals surface area contributed by atoms with Crippen molar-refractivity contribution in [1.82, 2.24) is 4.90 Å². The van der Waals surface area contributed by atoms with Gasteiger partial charge in [-0.1, -0.05) is 6.92 Å². The fraction of sp³-hybridized carbons (Fsp3) is 0.909. The van der Waals surface area contributed by atoms with Crippen LogP contribution >= 0.6 is 0 Å². The zero-order valence-electron chi connectivity index (χ0n) is 9.57. The van der Waals surface area contributed by atoms with Gasteiger partial charge in [-0.3, -0.25) is 4.90 Å². The van der Waals surface area contributed by atoms with Gasteiger partial charge in [-0.25, -0.2) is 0 Å². The van der Waals surface area contributed by atoms with Crippen LogP contribution in [-0.4, -0.2) is 22.5 Å². The van der Waals surface area contributed by atoms with Gasteiger partial charge < -0.3 is 0 Å². The van der Waals surface area contributed by atoms with Crippen LogP contribution in [0.4, 0.5) is 0 Å². The second-order valence-electron chi connectivity index (χ2n) is 5.35. The third-order valence-corrected chi connectivity index (χ3v) is 2.00. The molecule has 0 aromatic heterocycles. The Hall–Kier alpha value is -0.0400. The Morgan fingerprint density at radius 3 is 1.33 bits per heavy atom. The molecule has 0 saturated carbocycles. The normalized spacial score (nSPS) is 14.0. The molecule has 0 aromatic carbocycles. The van der Waals surface area contributed by atoms with Gasteiger partial charge in [0.2, 0.25) is 0 Å². The molecule has 0 aliphatic heterocycles. The maximum Gasteiger partial charge on any atom is 0.0130 e. The van der Waals surface area contributed by atoms with E-state index >= 15 is 0 Å². The second-order valence-corrected chi connectivity index (χ2v) is 5.35. The van der Waals surface area contributed by atoms with Gasteiger partial charge in [0.05, 0.1) is 0 Å². The van der Waals surface area contributed by atoms with E-state index in [1.165, 1.54) is 0 Å². The summed E-state index contributed by atoms with van der Waals surface area (Å²) in [6.45, 7) is 18.5. The molecule has 1 heteroatoms. The van der Waals surface area contributed by atoms with Crippen molar-refractivity contribution in [1.29, 1.82) is 0 Å². The molecule has 0 atom stereocenters. The van der Waals surface area contributed by atoms with E-state index in [0.717, 1.165) is 13.0 Å². The molecule has 12 heavy (non-hydrogen) atoms. The van der Waals surface area contributed by atoms with Gasteiger partial charge in [0.25, 0.3) is 0 Å². The minimum absolute atomic E-state index is 0.246. The molecule has 0 aromatic rings. The van der Waals surface area contributed by atoms with Crippen molar-refractivity contribution in [3.63, 3.8) is 0 Å². The number of hydrogen-bond acceptors (Lipinski definition) is 1. The Kier molecular flexibility index (Phi) is 3.77. The molecule has 0 rings (SSSR count). The van der Waals surface area contributed by atoms with Gasteiger partial charge in [-0.15, -0.1) is 0 Å². The highest BCUT2D eigenvalue weighted by molar-refractivity contribution is 4.86. The predicted octanol–water partition coefficient (Wildman–Crippen LogP) is 3.11. The third-order valence-electron chi connectivity index (χ3n) is 2.00. The van der Waals surface area contributed by atoms with Gasteiger partial charge in [0.15, 0.2) is 0 Å². The van der Waals surface area contributed by atoms with Crippen LogP contribution < -0.4 is 0 Å². The van der Waals surface area contributed by atoms with E-state index in [2.05, 4.69) is 53.4 Å². The van der Waals surface area contributed by atoms with Crippen molar-refractivity contribution in [3.8, 4) is 0 Å². The molecule has 0 bridgehead atoms. The summed E-state index contributed by atoms with van der Waals surface area (Å²) < 4.78 is 0. The van der Waals surface area contributed by atoms with Crippen molar-refractivity contribution in [3.05, 3.63) is 6.92 Å². The van der Waals surface area contributed by atoms with Crippen LogP contribution in [0.5, 0.6) is 0 Å². The van der Waals surface area contributed by atoms with Crippen molar-refractivity contribution in [2.24, 2.45) is 0 Å². The molecule has 73 valence electrons. The fourth-order valence-electron chi connectivity index (χ4n) is 1.84. The van der Waals surface area contributed by atoms with Crippen LogP contribution in [0.25, 0.3) is 0 Å². The van der Waals surface area contributed by atoms with Crippen LogP contribution in [0.15, 0.2) is 0 Å². The highest BCUT2D eigenvalue weighted by Crippen LogP contribution is 2.24. The Morgan fingerprint density at radius 2 is 1.25 bits per heavy atom.